The fourth-order valence-corrected chi connectivity index (χ4v) is 2.88. The van der Waals surface area contributed by atoms with Crippen LogP contribution in [0.1, 0.15) is 35.8 Å². The van der Waals surface area contributed by atoms with Crippen LogP contribution in [0.5, 0.6) is 0 Å². The lowest BCUT2D eigenvalue weighted by Crippen LogP contribution is -2.32. The molecule has 0 saturated carbocycles. The van der Waals surface area contributed by atoms with Crippen LogP contribution in [-0.4, -0.2) is 65.2 Å². The Morgan fingerprint density at radius 2 is 2.40 bits per heavy atom. The standard InChI is InChI=1S/C13H21N5O2/c1-20-11-4-6-17(8-11)13(19)12-9-18(16-15-12)10-3-2-5-14-7-10/h9-11,14H,2-8H2,1H3. The average Bonchev–Trinajstić information content (AvgIpc) is 3.17. The van der Waals surface area contributed by atoms with E-state index in [0.717, 1.165) is 38.9 Å². The number of nitrogens with one attached hydrogen (secondary N) is 1. The van der Waals surface area contributed by atoms with Gasteiger partial charge in [-0.05, 0) is 25.8 Å². The zero-order valence-electron chi connectivity index (χ0n) is 11.8. The van der Waals surface area contributed by atoms with E-state index in [1.165, 1.54) is 0 Å². The summed E-state index contributed by atoms with van der Waals surface area (Å²) in [6.45, 7) is 3.33. The number of hydrogen-bond donors (Lipinski definition) is 1. The van der Waals surface area contributed by atoms with Gasteiger partial charge in [0.1, 0.15) is 0 Å². The summed E-state index contributed by atoms with van der Waals surface area (Å²) >= 11 is 0. The minimum atomic E-state index is -0.0421. The molecule has 7 nitrogen and oxygen atoms in total. The Morgan fingerprint density at radius 3 is 3.10 bits per heavy atom. The summed E-state index contributed by atoms with van der Waals surface area (Å²) < 4.78 is 7.11. The van der Waals surface area contributed by atoms with Gasteiger partial charge >= 0.3 is 0 Å². The highest BCUT2D eigenvalue weighted by Crippen LogP contribution is 2.17. The highest BCUT2D eigenvalue weighted by atomic mass is 16.5. The van der Waals surface area contributed by atoms with Crippen molar-refractivity contribution >= 4 is 5.91 Å². The number of nitrogens with zero attached hydrogens (tertiary/aromatic N) is 4. The van der Waals surface area contributed by atoms with Crippen molar-refractivity contribution in [1.82, 2.24) is 25.2 Å². The van der Waals surface area contributed by atoms with Gasteiger partial charge in [-0.25, -0.2) is 4.68 Å². The summed E-state index contributed by atoms with van der Waals surface area (Å²) in [7, 11) is 1.69. The first-order chi connectivity index (χ1) is 9.78. The molecule has 3 rings (SSSR count). The molecule has 2 atom stereocenters. The summed E-state index contributed by atoms with van der Waals surface area (Å²) in [6.07, 6.45) is 5.04. The maximum Gasteiger partial charge on any atom is 0.276 e. The molecule has 2 aliphatic heterocycles. The van der Waals surface area contributed by atoms with Gasteiger partial charge in [0, 0.05) is 26.7 Å². The van der Waals surface area contributed by atoms with Crippen LogP contribution >= 0.6 is 0 Å². The lowest BCUT2D eigenvalue weighted by Gasteiger charge is -2.22. The van der Waals surface area contributed by atoms with E-state index in [-0.39, 0.29) is 12.0 Å². The maximum atomic E-state index is 12.3. The Bertz CT molecular complexity index is 469. The number of likely N-dealkylation sites (tertiary alicyclic amines) is 1. The summed E-state index contributed by atoms with van der Waals surface area (Å²) in [5.41, 5.74) is 0.437. The second kappa shape index (κ2) is 5.88. The van der Waals surface area contributed by atoms with Crippen molar-refractivity contribution in [2.24, 2.45) is 0 Å². The normalized spacial score (nSPS) is 26.9. The molecular weight excluding hydrogens is 258 g/mol. The Labute approximate surface area is 118 Å². The first-order valence-electron chi connectivity index (χ1n) is 7.22. The number of ether oxygens (including phenoxy) is 1. The van der Waals surface area contributed by atoms with E-state index in [9.17, 15) is 4.79 Å². The third-order valence-electron chi connectivity index (χ3n) is 4.14. The van der Waals surface area contributed by atoms with Crippen molar-refractivity contribution in [2.75, 3.05) is 33.3 Å². The zero-order chi connectivity index (χ0) is 13.9. The molecule has 0 spiro atoms. The first-order valence-corrected chi connectivity index (χ1v) is 7.22. The van der Waals surface area contributed by atoms with Gasteiger partial charge in [0.2, 0.25) is 0 Å². The third kappa shape index (κ3) is 2.69. The van der Waals surface area contributed by atoms with E-state index in [1.807, 2.05) is 4.68 Å². The molecule has 1 aromatic rings. The van der Waals surface area contributed by atoms with Crippen molar-refractivity contribution in [1.29, 1.82) is 0 Å². The number of aromatic nitrogens is 3. The minimum absolute atomic E-state index is 0.0421. The van der Waals surface area contributed by atoms with Crippen molar-refractivity contribution in [3.05, 3.63) is 11.9 Å². The molecule has 3 heterocycles. The topological polar surface area (TPSA) is 72.3 Å². The highest BCUT2D eigenvalue weighted by molar-refractivity contribution is 5.92. The van der Waals surface area contributed by atoms with Crippen molar-refractivity contribution < 1.29 is 9.53 Å². The summed E-state index contributed by atoms with van der Waals surface area (Å²) in [5, 5.41) is 11.5. The van der Waals surface area contributed by atoms with Gasteiger partial charge in [0.05, 0.1) is 18.3 Å². The molecule has 2 fully saturated rings. The first kappa shape index (κ1) is 13.5. The monoisotopic (exact) mass is 279 g/mol. The van der Waals surface area contributed by atoms with E-state index in [0.29, 0.717) is 18.3 Å². The lowest BCUT2D eigenvalue weighted by molar-refractivity contribution is 0.0719. The van der Waals surface area contributed by atoms with Crippen molar-refractivity contribution in [2.45, 2.75) is 31.4 Å². The van der Waals surface area contributed by atoms with Gasteiger partial charge in [0.25, 0.3) is 5.91 Å². The molecule has 0 aromatic carbocycles. The average molecular weight is 279 g/mol. The molecule has 2 saturated heterocycles. The number of carbonyl (C=O) groups excluding carboxylic acids is 1. The van der Waals surface area contributed by atoms with Crippen LogP contribution in [0, 0.1) is 0 Å². The van der Waals surface area contributed by atoms with Crippen LogP contribution in [0.4, 0.5) is 0 Å². The molecular formula is C13H21N5O2. The van der Waals surface area contributed by atoms with Gasteiger partial charge in [-0.15, -0.1) is 5.10 Å². The number of amides is 1. The molecule has 20 heavy (non-hydrogen) atoms. The van der Waals surface area contributed by atoms with Gasteiger partial charge in [-0.3, -0.25) is 4.79 Å². The minimum Gasteiger partial charge on any atom is -0.380 e. The SMILES string of the molecule is COC1CCN(C(=O)c2cn(C3CCCNC3)nn2)C1. The largest absolute Gasteiger partial charge is 0.380 e. The molecule has 1 amide bonds. The van der Waals surface area contributed by atoms with Crippen LogP contribution in [0.2, 0.25) is 0 Å². The number of rotatable bonds is 3. The summed E-state index contributed by atoms with van der Waals surface area (Å²) in [4.78, 5) is 14.1. The van der Waals surface area contributed by atoms with Crippen LogP contribution < -0.4 is 5.32 Å². The molecule has 0 bridgehead atoms. The number of carbonyl (C=O) groups is 1. The Balaban J connectivity index is 1.65. The highest BCUT2D eigenvalue weighted by Gasteiger charge is 2.28. The maximum absolute atomic E-state index is 12.3. The van der Waals surface area contributed by atoms with Crippen LogP contribution in [0.15, 0.2) is 6.20 Å². The van der Waals surface area contributed by atoms with Crippen LogP contribution in [0.3, 0.4) is 0 Å². The third-order valence-corrected chi connectivity index (χ3v) is 4.14. The zero-order valence-corrected chi connectivity index (χ0v) is 11.8. The van der Waals surface area contributed by atoms with Crippen molar-refractivity contribution in [3.8, 4) is 0 Å². The second-order valence-corrected chi connectivity index (χ2v) is 5.48. The van der Waals surface area contributed by atoms with Crippen LogP contribution in [-0.2, 0) is 4.74 Å². The molecule has 7 heteroatoms. The number of piperidine rings is 1. The fraction of sp³-hybridized carbons (Fsp3) is 0.769. The molecule has 110 valence electrons. The van der Waals surface area contributed by atoms with E-state index < -0.39 is 0 Å². The van der Waals surface area contributed by atoms with Crippen LogP contribution in [0.25, 0.3) is 0 Å². The van der Waals surface area contributed by atoms with E-state index in [2.05, 4.69) is 15.6 Å². The second-order valence-electron chi connectivity index (χ2n) is 5.48. The predicted octanol–water partition coefficient (Wildman–Crippen LogP) is 0.0635. The van der Waals surface area contributed by atoms with Gasteiger partial charge < -0.3 is 15.0 Å². The summed E-state index contributed by atoms with van der Waals surface area (Å²) in [5.74, 6) is -0.0421. The number of hydrogen-bond acceptors (Lipinski definition) is 5. The summed E-state index contributed by atoms with van der Waals surface area (Å²) in [6, 6.07) is 0.308. The predicted molar refractivity (Wildman–Crippen MR) is 72.5 cm³/mol. The molecule has 2 aliphatic rings. The molecule has 1 aromatic heterocycles. The Hall–Kier alpha value is -1.47. The molecule has 2 unspecified atom stereocenters. The Kier molecular flexibility index (Phi) is 3.98. The fourth-order valence-electron chi connectivity index (χ4n) is 2.88. The van der Waals surface area contributed by atoms with Gasteiger partial charge in [-0.1, -0.05) is 5.21 Å². The van der Waals surface area contributed by atoms with E-state index >= 15 is 0 Å². The van der Waals surface area contributed by atoms with Gasteiger partial charge in [0.15, 0.2) is 5.69 Å². The van der Waals surface area contributed by atoms with Crippen molar-refractivity contribution in [3.63, 3.8) is 0 Å². The molecule has 0 aliphatic carbocycles. The van der Waals surface area contributed by atoms with Gasteiger partial charge in [-0.2, -0.15) is 0 Å². The molecule has 0 radical (unpaired) electrons. The van der Waals surface area contributed by atoms with E-state index in [1.54, 1.807) is 18.2 Å². The smallest absolute Gasteiger partial charge is 0.276 e. The lowest BCUT2D eigenvalue weighted by atomic mass is 10.1. The number of methoxy groups -OCH3 is 1. The Morgan fingerprint density at radius 1 is 1.50 bits per heavy atom. The quantitative estimate of drug-likeness (QED) is 0.847. The molecule has 1 N–H and O–H groups in total. The van der Waals surface area contributed by atoms with E-state index in [4.69, 9.17) is 4.74 Å².